The molecule has 1 atom stereocenters. The number of nitriles is 1. The fourth-order valence-corrected chi connectivity index (χ4v) is 4.01. The van der Waals surface area contributed by atoms with E-state index < -0.39 is 0 Å². The van der Waals surface area contributed by atoms with Crippen molar-refractivity contribution in [1.29, 1.82) is 5.26 Å². The number of aromatic nitrogens is 2. The molecule has 4 N–H and O–H groups in total. The molecule has 0 spiro atoms. The second-order valence-electron chi connectivity index (χ2n) is 7.87. The Balaban J connectivity index is 1.74. The van der Waals surface area contributed by atoms with Crippen molar-refractivity contribution in [2.75, 3.05) is 29.0 Å². The molecule has 1 unspecified atom stereocenters. The van der Waals surface area contributed by atoms with Crippen LogP contribution in [0.3, 0.4) is 0 Å². The summed E-state index contributed by atoms with van der Waals surface area (Å²) in [6.45, 7) is 5.12. The van der Waals surface area contributed by atoms with Crippen LogP contribution in [-0.2, 0) is 4.79 Å². The van der Waals surface area contributed by atoms with Crippen molar-refractivity contribution in [1.82, 2.24) is 15.3 Å². The van der Waals surface area contributed by atoms with Crippen molar-refractivity contribution in [3.63, 3.8) is 0 Å². The molecule has 1 fully saturated rings. The van der Waals surface area contributed by atoms with E-state index in [1.165, 1.54) is 0 Å². The summed E-state index contributed by atoms with van der Waals surface area (Å²) in [4.78, 5) is 23.3. The van der Waals surface area contributed by atoms with Gasteiger partial charge in [-0.1, -0.05) is 12.1 Å². The predicted molar refractivity (Wildman–Crippen MR) is 122 cm³/mol. The monoisotopic (exact) mass is 415 g/mol. The number of piperidine rings is 1. The first-order valence-corrected chi connectivity index (χ1v) is 10.3. The third kappa shape index (κ3) is 4.36. The van der Waals surface area contributed by atoms with Gasteiger partial charge in [0, 0.05) is 42.8 Å². The van der Waals surface area contributed by atoms with Crippen LogP contribution in [0.25, 0.3) is 10.9 Å². The number of nitrogens with two attached hydrogens (primary N) is 1. The summed E-state index contributed by atoms with van der Waals surface area (Å²) in [5, 5.41) is 16.5. The molecule has 0 saturated carbocycles. The molecular weight excluding hydrogens is 390 g/mol. The zero-order valence-electron chi connectivity index (χ0n) is 17.6. The minimum absolute atomic E-state index is 0.0192. The number of nitrogens with one attached hydrogen (secondary N) is 2. The van der Waals surface area contributed by atoms with E-state index >= 15 is 0 Å². The lowest BCUT2D eigenvalue weighted by atomic mass is 10.0. The molecule has 1 aromatic heterocycles. The fraction of sp³-hybridized carbons (Fsp3) is 0.304. The molecule has 1 aliphatic rings. The van der Waals surface area contributed by atoms with Gasteiger partial charge in [0.25, 0.3) is 0 Å². The number of para-hydroxylation sites is 1. The van der Waals surface area contributed by atoms with Crippen LogP contribution in [0, 0.1) is 18.3 Å². The Morgan fingerprint density at radius 1 is 1.29 bits per heavy atom. The summed E-state index contributed by atoms with van der Waals surface area (Å²) in [5.74, 6) is 1.27. The molecule has 2 aromatic carbocycles. The first-order valence-electron chi connectivity index (χ1n) is 10.3. The second kappa shape index (κ2) is 8.48. The highest BCUT2D eigenvalue weighted by molar-refractivity contribution is 5.93. The largest absolute Gasteiger partial charge is 0.398 e. The lowest BCUT2D eigenvalue weighted by molar-refractivity contribution is -0.119. The Labute approximate surface area is 181 Å². The van der Waals surface area contributed by atoms with E-state index in [9.17, 15) is 10.1 Å². The molecule has 4 rings (SSSR count). The highest BCUT2D eigenvalue weighted by atomic mass is 16.1. The van der Waals surface area contributed by atoms with E-state index in [4.69, 9.17) is 15.7 Å². The summed E-state index contributed by atoms with van der Waals surface area (Å²) in [6.07, 6.45) is 1.92. The molecule has 3 aromatic rings. The summed E-state index contributed by atoms with van der Waals surface area (Å²) in [7, 11) is 0. The molecule has 8 nitrogen and oxygen atoms in total. The van der Waals surface area contributed by atoms with Gasteiger partial charge in [-0.25, -0.2) is 4.98 Å². The van der Waals surface area contributed by atoms with Crippen LogP contribution in [0.4, 0.5) is 23.1 Å². The number of hydrogen-bond acceptors (Lipinski definition) is 7. The van der Waals surface area contributed by atoms with Crippen LogP contribution in [0.5, 0.6) is 0 Å². The van der Waals surface area contributed by atoms with Crippen LogP contribution < -0.4 is 21.3 Å². The summed E-state index contributed by atoms with van der Waals surface area (Å²) < 4.78 is 0. The number of rotatable bonds is 4. The molecular formula is C23H25N7O. The van der Waals surface area contributed by atoms with Crippen molar-refractivity contribution in [3.8, 4) is 6.07 Å². The minimum Gasteiger partial charge on any atom is -0.398 e. The van der Waals surface area contributed by atoms with Gasteiger partial charge in [-0.15, -0.1) is 0 Å². The standard InChI is InChI=1S/C23H25N7O/c1-14-5-3-7-19-21(14)28-23(27-17-8-9-20(25)16(11-17)12-24)29-22(19)30-10-4-6-18(13-30)26-15(2)31/h3,5,7-9,11,18H,4,6,10,13,25H2,1-2H3,(H,26,31)(H,27,28,29). The summed E-state index contributed by atoms with van der Waals surface area (Å²) in [6, 6.07) is 13.4. The van der Waals surface area contributed by atoms with E-state index in [0.29, 0.717) is 29.4 Å². The highest BCUT2D eigenvalue weighted by Crippen LogP contribution is 2.30. The lowest BCUT2D eigenvalue weighted by Crippen LogP contribution is -2.47. The Morgan fingerprint density at radius 3 is 2.90 bits per heavy atom. The predicted octanol–water partition coefficient (Wildman–Crippen LogP) is 3.24. The van der Waals surface area contributed by atoms with Crippen LogP contribution in [0.1, 0.15) is 30.9 Å². The molecule has 0 radical (unpaired) electrons. The number of hydrogen-bond donors (Lipinski definition) is 3. The molecule has 0 bridgehead atoms. The summed E-state index contributed by atoms with van der Waals surface area (Å²) in [5.41, 5.74) is 9.28. The SMILES string of the molecule is CC(=O)NC1CCCN(c2nc(Nc3ccc(N)c(C#N)c3)nc3c(C)cccc23)C1. The second-order valence-corrected chi connectivity index (χ2v) is 7.87. The number of benzene rings is 2. The zero-order valence-corrected chi connectivity index (χ0v) is 17.6. The van der Waals surface area contributed by atoms with Gasteiger partial charge in [0.05, 0.1) is 11.1 Å². The maximum Gasteiger partial charge on any atom is 0.229 e. The fourth-order valence-electron chi connectivity index (χ4n) is 4.01. The average molecular weight is 416 g/mol. The first-order chi connectivity index (χ1) is 14.9. The lowest BCUT2D eigenvalue weighted by Gasteiger charge is -2.34. The van der Waals surface area contributed by atoms with Gasteiger partial charge in [0.2, 0.25) is 11.9 Å². The molecule has 0 aliphatic carbocycles. The van der Waals surface area contributed by atoms with Crippen molar-refractivity contribution in [2.24, 2.45) is 0 Å². The number of nitrogens with zero attached hydrogens (tertiary/aromatic N) is 4. The molecule has 1 saturated heterocycles. The van der Waals surface area contributed by atoms with Crippen LogP contribution in [0.15, 0.2) is 36.4 Å². The number of nitrogen functional groups attached to an aromatic ring is 1. The van der Waals surface area contributed by atoms with Gasteiger partial charge in [-0.2, -0.15) is 10.2 Å². The van der Waals surface area contributed by atoms with Crippen molar-refractivity contribution >= 4 is 40.0 Å². The number of fused-ring (bicyclic) bond motifs is 1. The molecule has 1 amide bonds. The van der Waals surface area contributed by atoms with Gasteiger partial charge >= 0.3 is 0 Å². The molecule has 1 aliphatic heterocycles. The topological polar surface area (TPSA) is 120 Å². The molecule has 8 heteroatoms. The van der Waals surface area contributed by atoms with E-state index in [2.05, 4.69) is 21.6 Å². The van der Waals surface area contributed by atoms with Crippen molar-refractivity contribution in [3.05, 3.63) is 47.5 Å². The van der Waals surface area contributed by atoms with Crippen molar-refractivity contribution < 1.29 is 4.79 Å². The van der Waals surface area contributed by atoms with Crippen molar-refractivity contribution in [2.45, 2.75) is 32.7 Å². The number of carbonyl (C=O) groups is 1. The molecule has 2 heterocycles. The normalized spacial score (nSPS) is 16.0. The van der Waals surface area contributed by atoms with E-state index in [1.807, 2.05) is 25.1 Å². The van der Waals surface area contributed by atoms with E-state index in [1.54, 1.807) is 25.1 Å². The Bertz CT molecular complexity index is 1180. The molecule has 31 heavy (non-hydrogen) atoms. The third-order valence-corrected chi connectivity index (χ3v) is 5.47. The first kappa shape index (κ1) is 20.4. The third-order valence-electron chi connectivity index (χ3n) is 5.47. The Hall–Kier alpha value is -3.86. The van der Waals surface area contributed by atoms with Gasteiger partial charge < -0.3 is 21.3 Å². The average Bonchev–Trinajstić information content (AvgIpc) is 2.75. The number of amides is 1. The Kier molecular flexibility index (Phi) is 5.58. The maximum absolute atomic E-state index is 11.5. The number of anilines is 4. The van der Waals surface area contributed by atoms with Gasteiger partial charge in [0.1, 0.15) is 11.9 Å². The summed E-state index contributed by atoms with van der Waals surface area (Å²) >= 11 is 0. The van der Waals surface area contributed by atoms with Gasteiger partial charge in [-0.05, 0) is 49.6 Å². The Morgan fingerprint density at radius 2 is 2.13 bits per heavy atom. The van der Waals surface area contributed by atoms with Gasteiger partial charge in [-0.3, -0.25) is 4.79 Å². The smallest absolute Gasteiger partial charge is 0.229 e. The van der Waals surface area contributed by atoms with Gasteiger partial charge in [0.15, 0.2) is 0 Å². The van der Waals surface area contributed by atoms with Crippen LogP contribution in [0.2, 0.25) is 0 Å². The number of aryl methyl sites for hydroxylation is 1. The highest BCUT2D eigenvalue weighted by Gasteiger charge is 2.24. The molecule has 158 valence electrons. The number of carbonyl (C=O) groups excluding carboxylic acids is 1. The van der Waals surface area contributed by atoms with Crippen LogP contribution >= 0.6 is 0 Å². The maximum atomic E-state index is 11.5. The van der Waals surface area contributed by atoms with Crippen LogP contribution in [-0.4, -0.2) is 35.0 Å². The van der Waals surface area contributed by atoms with E-state index in [0.717, 1.165) is 41.7 Å². The van der Waals surface area contributed by atoms with E-state index in [-0.39, 0.29) is 11.9 Å². The minimum atomic E-state index is -0.0192. The quantitative estimate of drug-likeness (QED) is 0.560. The zero-order chi connectivity index (χ0) is 22.0.